The molecule has 1 atom stereocenters. The number of carboxylic acid groups (broad SMARTS) is 1. The molecule has 40 heavy (non-hydrogen) atoms. The maximum absolute atomic E-state index is 13.0. The van der Waals surface area contributed by atoms with Gasteiger partial charge in [0.2, 0.25) is 0 Å². The summed E-state index contributed by atoms with van der Waals surface area (Å²) in [5.74, 6) is -1.59. The second kappa shape index (κ2) is 13.6. The van der Waals surface area contributed by atoms with E-state index in [1.165, 1.54) is 28.8 Å². The molecule has 2 heterocycles. The lowest BCUT2D eigenvalue weighted by molar-refractivity contribution is -0.873. The van der Waals surface area contributed by atoms with E-state index in [0.29, 0.717) is 53.4 Å². The number of benzene rings is 2. The second-order valence-electron chi connectivity index (χ2n) is 11.1. The van der Waals surface area contributed by atoms with Crippen molar-refractivity contribution in [2.45, 2.75) is 31.9 Å². The maximum atomic E-state index is 13.0. The number of carboxylic acids is 1. The van der Waals surface area contributed by atoms with Crippen LogP contribution in [-0.2, 0) is 11.3 Å². The number of quaternary nitrogens is 1. The number of aliphatic hydroxyl groups excluding tert-OH is 1. The Bertz CT molecular complexity index is 1420. The Hall–Kier alpha value is -3.67. The van der Waals surface area contributed by atoms with Crippen LogP contribution in [-0.4, -0.2) is 89.2 Å². The van der Waals surface area contributed by atoms with E-state index in [4.69, 9.17) is 5.11 Å². The normalized spacial score (nSPS) is 15.3. The predicted molar refractivity (Wildman–Crippen MR) is 147 cm³/mol. The number of likely N-dealkylation sites (tertiary alicyclic amines) is 1. The Morgan fingerprint density at radius 3 is 2.27 bits per heavy atom. The Morgan fingerprint density at radius 1 is 1.05 bits per heavy atom. The molecule has 1 aliphatic rings. The molecule has 0 bridgehead atoms. The van der Waals surface area contributed by atoms with Gasteiger partial charge in [0.25, 0.3) is 5.56 Å². The van der Waals surface area contributed by atoms with Crippen molar-refractivity contribution >= 4 is 22.7 Å². The highest BCUT2D eigenvalue weighted by Crippen LogP contribution is 2.22. The zero-order chi connectivity index (χ0) is 29.4. The number of nitrogens with zero attached hydrogens (tertiary/aromatic N) is 3. The Kier molecular flexibility index (Phi) is 10.5. The van der Waals surface area contributed by atoms with Crippen molar-refractivity contribution in [1.82, 2.24) is 14.5 Å². The fraction of sp³-hybridized carbons (Fsp3) is 0.448. The molecule has 3 aromatic rings. The van der Waals surface area contributed by atoms with Gasteiger partial charge in [-0.2, -0.15) is 0 Å². The molecule has 2 N–H and O–H groups in total. The van der Waals surface area contributed by atoms with Crippen LogP contribution in [0.15, 0.2) is 58.1 Å². The number of H-pyrrole nitrogens is 1. The number of hydrogen-bond donors (Lipinski definition) is 2. The van der Waals surface area contributed by atoms with Crippen LogP contribution >= 0.6 is 0 Å². The topological polar surface area (TPSA) is 136 Å². The van der Waals surface area contributed by atoms with E-state index in [0.717, 1.165) is 13.1 Å². The third kappa shape index (κ3) is 8.94. The van der Waals surface area contributed by atoms with Gasteiger partial charge >= 0.3 is 5.69 Å². The van der Waals surface area contributed by atoms with E-state index < -0.39 is 17.8 Å². The lowest BCUT2D eigenvalue weighted by Crippen LogP contribution is -2.43. The highest BCUT2D eigenvalue weighted by atomic mass is 19.1. The molecule has 11 heteroatoms. The van der Waals surface area contributed by atoms with Gasteiger partial charge in [-0.3, -0.25) is 14.2 Å². The van der Waals surface area contributed by atoms with E-state index in [9.17, 15) is 28.7 Å². The summed E-state index contributed by atoms with van der Waals surface area (Å²) in [6.07, 6.45) is 0.327. The molecule has 1 aliphatic heterocycles. The highest BCUT2D eigenvalue weighted by molar-refractivity contribution is 5.97. The van der Waals surface area contributed by atoms with Crippen LogP contribution in [0.5, 0.6) is 0 Å². The third-order valence-electron chi connectivity index (χ3n) is 6.78. The van der Waals surface area contributed by atoms with Crippen molar-refractivity contribution in [3.05, 3.63) is 80.7 Å². The standard InChI is InChI=1S/C22H22FN3O3.C7H15NO3/c23-17-7-5-15(6-8-17)20(27)16-9-11-25(12-10-16)13-14-26-21(28)18-3-1-2-4-19(18)24-22(26)29;1-8(2,3)5-6(9)4-7(10)11/h1-8,16H,9-14H2,(H,24,29);6,9H,4-5H2,1-3H3/t;6-/m.1/s1. The summed E-state index contributed by atoms with van der Waals surface area (Å²) in [5, 5.41) is 19.6. The van der Waals surface area contributed by atoms with Crippen molar-refractivity contribution < 1.29 is 28.7 Å². The second-order valence-corrected chi connectivity index (χ2v) is 11.1. The number of hydrogen-bond acceptors (Lipinski definition) is 7. The minimum Gasteiger partial charge on any atom is -0.550 e. The van der Waals surface area contributed by atoms with Gasteiger partial charge in [-0.25, -0.2) is 9.18 Å². The van der Waals surface area contributed by atoms with Gasteiger partial charge in [0, 0.05) is 37.0 Å². The number of carbonyl (C=O) groups excluding carboxylic acids is 2. The molecule has 0 saturated carbocycles. The number of fused-ring (bicyclic) bond motifs is 1. The minimum atomic E-state index is -1.20. The van der Waals surface area contributed by atoms with Crippen LogP contribution < -0.4 is 16.4 Å². The summed E-state index contributed by atoms with van der Waals surface area (Å²) in [4.78, 5) is 52.4. The monoisotopic (exact) mass is 556 g/mol. The van der Waals surface area contributed by atoms with Gasteiger partial charge in [-0.05, 0) is 62.3 Å². The van der Waals surface area contributed by atoms with E-state index >= 15 is 0 Å². The molecular weight excluding hydrogens is 519 g/mol. The summed E-state index contributed by atoms with van der Waals surface area (Å²) in [7, 11) is 5.66. The number of Topliss-reactive ketones (excluding diaryl/α,β-unsaturated/α-hetero) is 1. The molecule has 1 saturated heterocycles. The smallest absolute Gasteiger partial charge is 0.328 e. The lowest BCUT2D eigenvalue weighted by atomic mass is 9.89. The number of carbonyl (C=O) groups is 2. The summed E-state index contributed by atoms with van der Waals surface area (Å²) in [6, 6.07) is 12.6. The first-order valence-corrected chi connectivity index (χ1v) is 13.3. The van der Waals surface area contributed by atoms with Crippen LogP contribution in [0.1, 0.15) is 29.6 Å². The van der Waals surface area contributed by atoms with Crippen LogP contribution in [0.25, 0.3) is 10.9 Å². The van der Waals surface area contributed by atoms with E-state index in [2.05, 4.69) is 9.88 Å². The van der Waals surface area contributed by atoms with Crippen LogP contribution in [0, 0.1) is 11.7 Å². The number of aliphatic hydroxyl groups is 1. The molecule has 1 aromatic heterocycles. The number of halogens is 1. The fourth-order valence-corrected chi connectivity index (χ4v) is 4.80. The van der Waals surface area contributed by atoms with Gasteiger partial charge in [-0.1, -0.05) is 12.1 Å². The van der Waals surface area contributed by atoms with Gasteiger partial charge in [0.1, 0.15) is 18.5 Å². The molecule has 0 radical (unpaired) electrons. The van der Waals surface area contributed by atoms with E-state index in [-0.39, 0.29) is 29.5 Å². The Morgan fingerprint density at radius 2 is 1.68 bits per heavy atom. The van der Waals surface area contributed by atoms with Crippen molar-refractivity contribution in [1.29, 1.82) is 0 Å². The molecule has 216 valence electrons. The van der Waals surface area contributed by atoms with Crippen molar-refractivity contribution in [3.8, 4) is 0 Å². The Labute approximate surface area is 231 Å². The third-order valence-corrected chi connectivity index (χ3v) is 6.78. The molecule has 2 aromatic carbocycles. The summed E-state index contributed by atoms with van der Waals surface area (Å²) < 4.78 is 14.8. The van der Waals surface area contributed by atoms with Gasteiger partial charge in [-0.15, -0.1) is 0 Å². The first kappa shape index (κ1) is 30.9. The average Bonchev–Trinajstić information content (AvgIpc) is 2.88. The minimum absolute atomic E-state index is 0.0480. The molecule has 0 aliphatic carbocycles. The summed E-state index contributed by atoms with van der Waals surface area (Å²) in [5.41, 5.74) is 0.388. The SMILES string of the molecule is C[N+](C)(C)C[C@H](O)CC(=O)[O-].O=C(c1ccc(F)cc1)C1CCN(CCn2c(=O)[nH]c3ccccc3c2=O)CC1. The molecule has 0 amide bonds. The van der Waals surface area contributed by atoms with Gasteiger partial charge in [0.15, 0.2) is 5.78 Å². The number of para-hydroxylation sites is 1. The highest BCUT2D eigenvalue weighted by Gasteiger charge is 2.26. The number of rotatable bonds is 9. The average molecular weight is 557 g/mol. The van der Waals surface area contributed by atoms with Gasteiger partial charge < -0.3 is 29.4 Å². The number of ketones is 1. The predicted octanol–water partition coefficient (Wildman–Crippen LogP) is 0.617. The number of aromatic amines is 1. The summed E-state index contributed by atoms with van der Waals surface area (Å²) in [6.45, 7) is 2.73. The number of likely N-dealkylation sites (N-methyl/N-ethyl adjacent to an activating group) is 1. The zero-order valence-corrected chi connectivity index (χ0v) is 23.1. The maximum Gasteiger partial charge on any atom is 0.328 e. The quantitative estimate of drug-likeness (QED) is 0.291. The van der Waals surface area contributed by atoms with E-state index in [1.54, 1.807) is 24.3 Å². The fourth-order valence-electron chi connectivity index (χ4n) is 4.80. The number of aliphatic carboxylic acids is 1. The first-order chi connectivity index (χ1) is 18.8. The van der Waals surface area contributed by atoms with Crippen molar-refractivity contribution in [2.24, 2.45) is 5.92 Å². The van der Waals surface area contributed by atoms with E-state index in [1.807, 2.05) is 21.1 Å². The van der Waals surface area contributed by atoms with Gasteiger partial charge in [0.05, 0.1) is 32.0 Å². The van der Waals surface area contributed by atoms with Crippen molar-refractivity contribution in [3.63, 3.8) is 0 Å². The molecular formula is C29H37FN4O6. The number of piperidine rings is 1. The molecule has 10 nitrogen and oxygen atoms in total. The number of aromatic nitrogens is 2. The molecule has 0 unspecified atom stereocenters. The molecule has 1 fully saturated rings. The summed E-state index contributed by atoms with van der Waals surface area (Å²) >= 11 is 0. The van der Waals surface area contributed by atoms with Crippen molar-refractivity contribution in [2.75, 3.05) is 47.3 Å². The molecule has 0 spiro atoms. The van der Waals surface area contributed by atoms with Crippen LogP contribution in [0.3, 0.4) is 0 Å². The Balaban J connectivity index is 0.000000342. The lowest BCUT2D eigenvalue weighted by Gasteiger charge is -2.31. The zero-order valence-electron chi connectivity index (χ0n) is 23.1. The largest absolute Gasteiger partial charge is 0.550 e. The molecule has 4 rings (SSSR count). The van der Waals surface area contributed by atoms with Crippen LogP contribution in [0.4, 0.5) is 4.39 Å². The first-order valence-electron chi connectivity index (χ1n) is 13.3. The number of nitrogens with one attached hydrogen (secondary N) is 1. The van der Waals surface area contributed by atoms with Crippen LogP contribution in [0.2, 0.25) is 0 Å².